The van der Waals surface area contributed by atoms with Crippen LogP contribution in [0.5, 0.6) is 0 Å². The maximum atomic E-state index is 13.3. The summed E-state index contributed by atoms with van der Waals surface area (Å²) in [6, 6.07) is 11.9. The topological polar surface area (TPSA) is 134 Å². The fourth-order valence-electron chi connectivity index (χ4n) is 4.64. The first-order valence-corrected chi connectivity index (χ1v) is 14.2. The highest BCUT2D eigenvalue weighted by molar-refractivity contribution is 6.03. The van der Waals surface area contributed by atoms with Crippen LogP contribution in [0, 0.1) is 5.92 Å². The molecule has 47 heavy (non-hydrogen) atoms. The molecular weight excluding hydrogens is 636 g/mol. The maximum absolute atomic E-state index is 13.3. The van der Waals surface area contributed by atoms with E-state index >= 15 is 0 Å². The Labute approximate surface area is 264 Å². The number of nitrogens with one attached hydrogen (secondary N) is 2. The summed E-state index contributed by atoms with van der Waals surface area (Å²) in [6.45, 7) is -0.235. The van der Waals surface area contributed by atoms with Crippen molar-refractivity contribution >= 4 is 29.8 Å². The molecule has 2 heterocycles. The SMILES string of the molecule is O=C(NC(COCc1ccccc1)C(=O)O)C(=Cc1cccc(C(F)(F)F)c1)NC(=O)C1CCN(c2nccc(C(F)(F)F)n2)CC1. The molecule has 0 saturated carbocycles. The number of alkyl halides is 6. The van der Waals surface area contributed by atoms with Gasteiger partial charge in [0, 0.05) is 25.2 Å². The van der Waals surface area contributed by atoms with E-state index in [-0.39, 0.29) is 44.0 Å². The van der Waals surface area contributed by atoms with E-state index in [9.17, 15) is 45.8 Å². The number of aromatic nitrogens is 2. The molecule has 0 radical (unpaired) electrons. The molecule has 2 amide bonds. The first-order valence-electron chi connectivity index (χ1n) is 14.2. The minimum absolute atomic E-state index is 0.0361. The van der Waals surface area contributed by atoms with E-state index in [0.717, 1.165) is 42.1 Å². The van der Waals surface area contributed by atoms with Crippen molar-refractivity contribution in [2.75, 3.05) is 24.6 Å². The van der Waals surface area contributed by atoms with Crippen LogP contribution in [0.4, 0.5) is 32.3 Å². The summed E-state index contributed by atoms with van der Waals surface area (Å²) in [5.41, 5.74) is -2.02. The number of carboxylic acid groups (broad SMARTS) is 1. The number of amides is 2. The number of rotatable bonds is 11. The normalized spacial score (nSPS) is 15.2. The van der Waals surface area contributed by atoms with Crippen LogP contribution < -0.4 is 15.5 Å². The molecular formula is C31H29F6N5O5. The number of benzene rings is 2. The molecule has 10 nitrogen and oxygen atoms in total. The summed E-state index contributed by atoms with van der Waals surface area (Å²) in [5, 5.41) is 14.3. The molecule has 1 unspecified atom stereocenters. The highest BCUT2D eigenvalue weighted by atomic mass is 19.4. The predicted octanol–water partition coefficient (Wildman–Crippen LogP) is 4.67. The molecule has 3 N–H and O–H groups in total. The quantitative estimate of drug-likeness (QED) is 0.199. The Bertz CT molecular complexity index is 1590. The summed E-state index contributed by atoms with van der Waals surface area (Å²) in [5.74, 6) is -4.17. The molecule has 4 rings (SSSR count). The van der Waals surface area contributed by atoms with Crippen LogP contribution in [0.2, 0.25) is 0 Å². The van der Waals surface area contributed by atoms with Gasteiger partial charge in [0.1, 0.15) is 11.4 Å². The lowest BCUT2D eigenvalue weighted by Crippen LogP contribution is -2.48. The average molecular weight is 666 g/mol. The molecule has 2 aromatic carbocycles. The zero-order valence-corrected chi connectivity index (χ0v) is 24.5. The van der Waals surface area contributed by atoms with Gasteiger partial charge in [0.15, 0.2) is 6.04 Å². The van der Waals surface area contributed by atoms with Crippen molar-refractivity contribution in [1.29, 1.82) is 0 Å². The van der Waals surface area contributed by atoms with Gasteiger partial charge in [0.05, 0.1) is 18.8 Å². The maximum Gasteiger partial charge on any atom is 0.433 e. The second kappa shape index (κ2) is 15.1. The Kier molecular flexibility index (Phi) is 11.2. The standard InChI is InChI=1S/C31H29F6N5O5/c32-30(33,34)22-8-4-7-20(15-22)16-23(27(44)40-24(28(45)46)18-47-17-19-5-2-1-3-6-19)39-26(43)21-10-13-42(14-11-21)29-38-12-9-25(41-29)31(35,36)37/h1-9,12,15-16,21,24H,10-11,13-14,17-18H2,(H,39,43)(H,40,44)(H,45,46). The smallest absolute Gasteiger partial charge is 0.433 e. The number of carbonyl (C=O) groups excluding carboxylic acids is 2. The fourth-order valence-corrected chi connectivity index (χ4v) is 4.64. The molecule has 0 spiro atoms. The summed E-state index contributed by atoms with van der Waals surface area (Å²) < 4.78 is 84.7. The monoisotopic (exact) mass is 665 g/mol. The lowest BCUT2D eigenvalue weighted by molar-refractivity contribution is -0.143. The van der Waals surface area contributed by atoms with E-state index in [2.05, 4.69) is 20.6 Å². The zero-order valence-electron chi connectivity index (χ0n) is 24.5. The number of carbonyl (C=O) groups is 3. The molecule has 1 saturated heterocycles. The molecule has 1 aliphatic rings. The second-order valence-electron chi connectivity index (χ2n) is 10.5. The molecule has 0 bridgehead atoms. The molecule has 0 aliphatic carbocycles. The van der Waals surface area contributed by atoms with Gasteiger partial charge in [-0.05, 0) is 48.2 Å². The third-order valence-corrected chi connectivity index (χ3v) is 7.11. The first kappa shape index (κ1) is 34.9. The van der Waals surface area contributed by atoms with Gasteiger partial charge >= 0.3 is 18.3 Å². The van der Waals surface area contributed by atoms with Gasteiger partial charge in [-0.25, -0.2) is 14.8 Å². The van der Waals surface area contributed by atoms with Crippen LogP contribution in [-0.4, -0.2) is 58.6 Å². The van der Waals surface area contributed by atoms with Gasteiger partial charge in [0.25, 0.3) is 5.91 Å². The third kappa shape index (κ3) is 10.00. The molecule has 1 atom stereocenters. The molecule has 1 aromatic heterocycles. The number of piperidine rings is 1. The Morgan fingerprint density at radius 3 is 2.32 bits per heavy atom. The van der Waals surface area contributed by atoms with E-state index in [4.69, 9.17) is 4.74 Å². The molecule has 1 fully saturated rings. The van der Waals surface area contributed by atoms with E-state index in [1.54, 1.807) is 30.3 Å². The summed E-state index contributed by atoms with van der Waals surface area (Å²) >= 11 is 0. The molecule has 1 aliphatic heterocycles. The van der Waals surface area contributed by atoms with Crippen molar-refractivity contribution < 1.29 is 50.6 Å². The van der Waals surface area contributed by atoms with Crippen molar-refractivity contribution in [2.45, 2.75) is 37.8 Å². The Hall–Kier alpha value is -4.99. The van der Waals surface area contributed by atoms with E-state index < -0.39 is 65.7 Å². The van der Waals surface area contributed by atoms with Crippen LogP contribution in [0.15, 0.2) is 72.6 Å². The average Bonchev–Trinajstić information content (AvgIpc) is 3.04. The second-order valence-corrected chi connectivity index (χ2v) is 10.5. The van der Waals surface area contributed by atoms with Crippen LogP contribution >= 0.6 is 0 Å². The predicted molar refractivity (Wildman–Crippen MR) is 155 cm³/mol. The number of carboxylic acids is 1. The first-order chi connectivity index (χ1) is 22.2. The van der Waals surface area contributed by atoms with Crippen LogP contribution in [0.1, 0.15) is 35.2 Å². The number of aliphatic carboxylic acids is 1. The van der Waals surface area contributed by atoms with Crippen molar-refractivity contribution in [1.82, 2.24) is 20.6 Å². The zero-order chi connectivity index (χ0) is 34.2. The van der Waals surface area contributed by atoms with Gasteiger partial charge in [-0.3, -0.25) is 9.59 Å². The molecule has 3 aromatic rings. The largest absolute Gasteiger partial charge is 0.480 e. The number of halogens is 6. The summed E-state index contributed by atoms with van der Waals surface area (Å²) in [4.78, 5) is 47.4. The number of anilines is 1. The van der Waals surface area contributed by atoms with Crippen molar-refractivity contribution in [3.63, 3.8) is 0 Å². The minimum atomic E-state index is -4.70. The number of hydrogen-bond acceptors (Lipinski definition) is 7. The van der Waals surface area contributed by atoms with Crippen molar-refractivity contribution in [3.8, 4) is 0 Å². The van der Waals surface area contributed by atoms with Crippen molar-refractivity contribution in [2.24, 2.45) is 5.92 Å². The Morgan fingerprint density at radius 2 is 1.68 bits per heavy atom. The number of nitrogens with zero attached hydrogens (tertiary/aromatic N) is 3. The fraction of sp³-hybridized carbons (Fsp3) is 0.323. The van der Waals surface area contributed by atoms with Crippen LogP contribution in [0.25, 0.3) is 6.08 Å². The van der Waals surface area contributed by atoms with Gasteiger partial charge in [-0.2, -0.15) is 26.3 Å². The number of ether oxygens (including phenoxy) is 1. The van der Waals surface area contributed by atoms with Gasteiger partial charge < -0.3 is 25.4 Å². The van der Waals surface area contributed by atoms with Crippen LogP contribution in [0.3, 0.4) is 0 Å². The van der Waals surface area contributed by atoms with Gasteiger partial charge in [-0.1, -0.05) is 42.5 Å². The summed E-state index contributed by atoms with van der Waals surface area (Å²) in [7, 11) is 0. The highest BCUT2D eigenvalue weighted by Crippen LogP contribution is 2.31. The lowest BCUT2D eigenvalue weighted by Gasteiger charge is -2.31. The van der Waals surface area contributed by atoms with Gasteiger partial charge in [-0.15, -0.1) is 0 Å². The van der Waals surface area contributed by atoms with E-state index in [1.165, 1.54) is 11.0 Å². The Morgan fingerprint density at radius 1 is 0.979 bits per heavy atom. The van der Waals surface area contributed by atoms with E-state index in [0.29, 0.717) is 0 Å². The highest BCUT2D eigenvalue weighted by Gasteiger charge is 2.35. The molecule has 250 valence electrons. The van der Waals surface area contributed by atoms with Crippen LogP contribution in [-0.2, 0) is 38.1 Å². The van der Waals surface area contributed by atoms with Crippen molar-refractivity contribution in [3.05, 3.63) is 94.9 Å². The molecule has 16 heteroatoms. The lowest BCUT2D eigenvalue weighted by atomic mass is 9.96. The summed E-state index contributed by atoms with van der Waals surface area (Å²) in [6.07, 6.45) is -7.17. The van der Waals surface area contributed by atoms with E-state index in [1.807, 2.05) is 0 Å². The number of hydrogen-bond donors (Lipinski definition) is 3. The Balaban J connectivity index is 1.48. The third-order valence-electron chi connectivity index (χ3n) is 7.11. The van der Waals surface area contributed by atoms with Gasteiger partial charge in [0.2, 0.25) is 11.9 Å². The minimum Gasteiger partial charge on any atom is -0.480 e.